The van der Waals surface area contributed by atoms with Gasteiger partial charge in [0, 0.05) is 17.7 Å². The second-order valence-electron chi connectivity index (χ2n) is 6.78. The van der Waals surface area contributed by atoms with Crippen molar-refractivity contribution >= 4 is 11.0 Å². The first kappa shape index (κ1) is 20.2. The van der Waals surface area contributed by atoms with E-state index in [-0.39, 0.29) is 47.2 Å². The van der Waals surface area contributed by atoms with Crippen molar-refractivity contribution < 1.29 is 23.4 Å². The van der Waals surface area contributed by atoms with E-state index in [1.165, 1.54) is 24.3 Å². The summed E-state index contributed by atoms with van der Waals surface area (Å²) < 4.78 is 30.4. The predicted octanol–water partition coefficient (Wildman–Crippen LogP) is 5.45. The molecular formula is C25H19FO5. The van der Waals surface area contributed by atoms with Crippen LogP contribution in [0.3, 0.4) is 0 Å². The minimum absolute atomic E-state index is 0.00145. The average molecular weight is 418 g/mol. The molecule has 1 heterocycles. The highest BCUT2D eigenvalue weighted by molar-refractivity contribution is 5.89. The summed E-state index contributed by atoms with van der Waals surface area (Å²) in [4.78, 5) is 12.8. The Labute approximate surface area is 177 Å². The molecule has 0 fully saturated rings. The maximum absolute atomic E-state index is 13.1. The molecule has 5 nitrogen and oxygen atoms in total. The minimum Gasteiger partial charge on any atom is -0.504 e. The van der Waals surface area contributed by atoms with Crippen LogP contribution in [-0.2, 0) is 6.61 Å². The Morgan fingerprint density at radius 2 is 1.77 bits per heavy atom. The van der Waals surface area contributed by atoms with Crippen LogP contribution in [0.4, 0.5) is 4.39 Å². The summed E-state index contributed by atoms with van der Waals surface area (Å²) in [6, 6.07) is 17.8. The predicted molar refractivity (Wildman–Crippen MR) is 116 cm³/mol. The van der Waals surface area contributed by atoms with Crippen LogP contribution in [0.2, 0.25) is 0 Å². The first-order valence-corrected chi connectivity index (χ1v) is 9.57. The Kier molecular flexibility index (Phi) is 5.71. The molecule has 3 aromatic carbocycles. The number of hydrogen-bond acceptors (Lipinski definition) is 5. The topological polar surface area (TPSA) is 68.9 Å². The van der Waals surface area contributed by atoms with Gasteiger partial charge in [-0.2, -0.15) is 0 Å². The number of rotatable bonds is 7. The fourth-order valence-electron chi connectivity index (χ4n) is 3.14. The van der Waals surface area contributed by atoms with E-state index in [1.807, 2.05) is 30.3 Å². The summed E-state index contributed by atoms with van der Waals surface area (Å²) in [7, 11) is 0. The molecule has 0 unspecified atom stereocenters. The monoisotopic (exact) mass is 418 g/mol. The minimum atomic E-state index is -0.417. The van der Waals surface area contributed by atoms with Gasteiger partial charge in [-0.25, -0.2) is 4.39 Å². The number of phenols is 1. The molecular weight excluding hydrogens is 399 g/mol. The zero-order valence-electron chi connectivity index (χ0n) is 16.5. The number of hydrogen-bond donors (Lipinski definition) is 1. The van der Waals surface area contributed by atoms with E-state index in [4.69, 9.17) is 13.9 Å². The maximum Gasteiger partial charge on any atom is 0.204 e. The second-order valence-corrected chi connectivity index (χ2v) is 6.78. The lowest BCUT2D eigenvalue weighted by Gasteiger charge is -2.15. The van der Waals surface area contributed by atoms with Crippen LogP contribution in [0.1, 0.15) is 5.56 Å². The van der Waals surface area contributed by atoms with Crippen molar-refractivity contribution in [2.24, 2.45) is 0 Å². The van der Waals surface area contributed by atoms with E-state index in [0.717, 1.165) is 5.56 Å². The van der Waals surface area contributed by atoms with Crippen molar-refractivity contribution in [3.05, 3.63) is 101 Å². The Morgan fingerprint density at radius 3 is 2.48 bits per heavy atom. The third-order valence-electron chi connectivity index (χ3n) is 4.62. The third kappa shape index (κ3) is 4.28. The van der Waals surface area contributed by atoms with Gasteiger partial charge in [-0.1, -0.05) is 55.1 Å². The quantitative estimate of drug-likeness (QED) is 0.404. The lowest BCUT2D eigenvalue weighted by atomic mass is 10.1. The van der Waals surface area contributed by atoms with Crippen LogP contribution >= 0.6 is 0 Å². The van der Waals surface area contributed by atoms with Gasteiger partial charge in [0.05, 0.1) is 0 Å². The van der Waals surface area contributed by atoms with E-state index in [9.17, 15) is 14.3 Å². The van der Waals surface area contributed by atoms with Gasteiger partial charge in [0.1, 0.15) is 35.8 Å². The van der Waals surface area contributed by atoms with Gasteiger partial charge >= 0.3 is 0 Å². The summed E-state index contributed by atoms with van der Waals surface area (Å²) >= 11 is 0. The number of ether oxygens (including phenoxy) is 2. The van der Waals surface area contributed by atoms with Gasteiger partial charge in [0.25, 0.3) is 0 Å². The van der Waals surface area contributed by atoms with E-state index in [1.54, 1.807) is 18.2 Å². The molecule has 0 radical (unpaired) electrons. The molecule has 0 saturated carbocycles. The standard InChI is InChI=1S/C25H19FO5/c1-2-12-29-22-14-21-23(19(27)13-20(31-21)17-6-4-3-5-7-17)24(28)25(22)30-15-16-8-10-18(26)11-9-16/h2-11,13-14,28H,1,12,15H2. The average Bonchev–Trinajstić information content (AvgIpc) is 2.78. The first-order chi connectivity index (χ1) is 15.1. The summed E-state index contributed by atoms with van der Waals surface area (Å²) in [6.07, 6.45) is 1.54. The normalized spacial score (nSPS) is 10.7. The molecule has 6 heteroatoms. The Hall–Kier alpha value is -4.06. The Balaban J connectivity index is 1.79. The SMILES string of the molecule is C=CCOc1cc2oc(-c3ccccc3)cc(=O)c2c(O)c1OCc1ccc(F)cc1. The number of fused-ring (bicyclic) bond motifs is 1. The molecule has 0 saturated heterocycles. The summed E-state index contributed by atoms with van der Waals surface area (Å²) in [5.41, 5.74) is 1.16. The number of aromatic hydroxyl groups is 1. The molecule has 31 heavy (non-hydrogen) atoms. The molecule has 0 aliphatic heterocycles. The zero-order valence-corrected chi connectivity index (χ0v) is 16.5. The van der Waals surface area contributed by atoms with Crippen molar-refractivity contribution in [2.45, 2.75) is 6.61 Å². The van der Waals surface area contributed by atoms with Gasteiger partial charge in [0.2, 0.25) is 5.75 Å². The maximum atomic E-state index is 13.1. The molecule has 4 aromatic rings. The smallest absolute Gasteiger partial charge is 0.204 e. The first-order valence-electron chi connectivity index (χ1n) is 9.57. The summed E-state index contributed by atoms with van der Waals surface area (Å²) in [5, 5.41) is 10.8. The molecule has 4 rings (SSSR count). The van der Waals surface area contributed by atoms with E-state index < -0.39 is 5.43 Å². The number of halogens is 1. The van der Waals surface area contributed by atoms with Crippen molar-refractivity contribution in [3.63, 3.8) is 0 Å². The van der Waals surface area contributed by atoms with Crippen LogP contribution in [-0.4, -0.2) is 11.7 Å². The van der Waals surface area contributed by atoms with Gasteiger partial charge in [0.15, 0.2) is 16.9 Å². The number of phenolic OH excluding ortho intramolecular Hbond substituents is 1. The van der Waals surface area contributed by atoms with Crippen LogP contribution < -0.4 is 14.9 Å². The van der Waals surface area contributed by atoms with Gasteiger partial charge < -0.3 is 19.0 Å². The van der Waals surface area contributed by atoms with E-state index in [0.29, 0.717) is 11.3 Å². The highest BCUT2D eigenvalue weighted by Crippen LogP contribution is 2.43. The van der Waals surface area contributed by atoms with Crippen molar-refractivity contribution in [1.29, 1.82) is 0 Å². The molecule has 0 amide bonds. The van der Waals surface area contributed by atoms with Crippen molar-refractivity contribution in [2.75, 3.05) is 6.61 Å². The molecule has 0 aliphatic rings. The Bertz CT molecular complexity index is 1280. The fourth-order valence-corrected chi connectivity index (χ4v) is 3.14. The highest BCUT2D eigenvalue weighted by atomic mass is 19.1. The number of benzene rings is 3. The molecule has 0 aliphatic carbocycles. The van der Waals surface area contributed by atoms with Gasteiger partial charge in [-0.15, -0.1) is 0 Å². The van der Waals surface area contributed by atoms with E-state index >= 15 is 0 Å². The summed E-state index contributed by atoms with van der Waals surface area (Å²) in [5.74, 6) is -0.183. The largest absolute Gasteiger partial charge is 0.504 e. The lowest BCUT2D eigenvalue weighted by Crippen LogP contribution is -2.05. The van der Waals surface area contributed by atoms with Gasteiger partial charge in [-0.3, -0.25) is 4.79 Å². The van der Waals surface area contributed by atoms with Crippen LogP contribution in [0.5, 0.6) is 17.2 Å². The Morgan fingerprint density at radius 1 is 1.03 bits per heavy atom. The molecule has 0 atom stereocenters. The summed E-state index contributed by atoms with van der Waals surface area (Å²) in [6.45, 7) is 3.81. The van der Waals surface area contributed by atoms with E-state index in [2.05, 4.69) is 6.58 Å². The van der Waals surface area contributed by atoms with Crippen molar-refractivity contribution in [1.82, 2.24) is 0 Å². The van der Waals surface area contributed by atoms with Crippen LogP contribution in [0, 0.1) is 5.82 Å². The fraction of sp³-hybridized carbons (Fsp3) is 0.0800. The second kappa shape index (κ2) is 8.75. The molecule has 0 spiro atoms. The third-order valence-corrected chi connectivity index (χ3v) is 4.62. The lowest BCUT2D eigenvalue weighted by molar-refractivity contribution is 0.262. The van der Waals surface area contributed by atoms with Crippen LogP contribution in [0.25, 0.3) is 22.3 Å². The van der Waals surface area contributed by atoms with Crippen molar-refractivity contribution in [3.8, 4) is 28.6 Å². The molecule has 156 valence electrons. The highest BCUT2D eigenvalue weighted by Gasteiger charge is 2.20. The molecule has 1 N–H and O–H groups in total. The van der Waals surface area contributed by atoms with Crippen LogP contribution in [0.15, 0.2) is 88.6 Å². The molecule has 1 aromatic heterocycles. The van der Waals surface area contributed by atoms with Gasteiger partial charge in [-0.05, 0) is 17.7 Å². The molecule has 0 bridgehead atoms. The zero-order chi connectivity index (χ0) is 21.8.